The van der Waals surface area contributed by atoms with Crippen LogP contribution in [0.15, 0.2) is 152 Å². The lowest BCUT2D eigenvalue weighted by Gasteiger charge is -2.24. The summed E-state index contributed by atoms with van der Waals surface area (Å²) in [6.45, 7) is 2.05. The summed E-state index contributed by atoms with van der Waals surface area (Å²) in [5, 5.41) is 17.8. The monoisotopic (exact) mass is 560 g/mol. The number of benzene rings is 6. The van der Waals surface area contributed by atoms with Crippen molar-refractivity contribution in [1.82, 2.24) is 10.2 Å². The lowest BCUT2D eigenvalue weighted by Crippen LogP contribution is -2.22. The van der Waals surface area contributed by atoms with Crippen molar-refractivity contribution in [2.24, 2.45) is 0 Å². The Bertz CT molecular complexity index is 1940. The molecule has 0 aliphatic rings. The Balaban J connectivity index is 1.47. The summed E-state index contributed by atoms with van der Waals surface area (Å²) in [5.41, 5.74) is 3.09. The zero-order chi connectivity index (χ0) is 28.3. The fourth-order valence-electron chi connectivity index (χ4n) is 5.59. The second kappa shape index (κ2) is 11.6. The predicted molar refractivity (Wildman–Crippen MR) is 177 cm³/mol. The van der Waals surface area contributed by atoms with Crippen LogP contribution in [0, 0.1) is 0 Å². The maximum absolute atomic E-state index is 6.44. The Morgan fingerprint density at radius 1 is 0.524 bits per heavy atom. The second-order valence-electron chi connectivity index (χ2n) is 10.3. The van der Waals surface area contributed by atoms with Crippen molar-refractivity contribution in [2.45, 2.75) is 13.0 Å². The van der Waals surface area contributed by atoms with E-state index in [4.69, 9.17) is 14.9 Å². The third-order valence-corrected chi connectivity index (χ3v) is 10.1. The molecule has 0 aliphatic carbocycles. The minimum absolute atomic E-state index is 0.160. The first-order chi connectivity index (χ1) is 20.8. The zero-order valence-electron chi connectivity index (χ0n) is 23.3. The first-order valence-electron chi connectivity index (χ1n) is 14.2. The molecule has 0 amide bonds. The molecule has 0 saturated carbocycles. The molecule has 0 saturated heterocycles. The number of hydrogen-bond donors (Lipinski definition) is 0. The van der Waals surface area contributed by atoms with Gasteiger partial charge in [-0.3, -0.25) is 0 Å². The van der Waals surface area contributed by atoms with Crippen LogP contribution in [-0.2, 0) is 0 Å². The fourth-order valence-corrected chi connectivity index (χ4v) is 8.06. The first kappa shape index (κ1) is 26.1. The van der Waals surface area contributed by atoms with Crippen LogP contribution in [0.2, 0.25) is 0 Å². The van der Waals surface area contributed by atoms with E-state index in [0.29, 0.717) is 5.88 Å². The van der Waals surface area contributed by atoms with E-state index >= 15 is 0 Å². The SMILES string of the molecule is C[C@@H](Oc1nnc(-c2c(P(c3ccccc3)c3ccccc3)ccc3ccccc23)c2ccccc12)c1ccccc1. The van der Waals surface area contributed by atoms with Gasteiger partial charge in [0.2, 0.25) is 5.88 Å². The Morgan fingerprint density at radius 3 is 1.74 bits per heavy atom. The smallest absolute Gasteiger partial charge is 0.242 e. The van der Waals surface area contributed by atoms with Gasteiger partial charge in [0.25, 0.3) is 0 Å². The number of rotatable bonds is 7. The summed E-state index contributed by atoms with van der Waals surface area (Å²) in [5.74, 6) is 0.542. The molecular weight excluding hydrogens is 531 g/mol. The minimum Gasteiger partial charge on any atom is -0.468 e. The van der Waals surface area contributed by atoms with Gasteiger partial charge >= 0.3 is 0 Å². The molecule has 0 unspecified atom stereocenters. The topological polar surface area (TPSA) is 35.0 Å². The van der Waals surface area contributed by atoms with Gasteiger partial charge in [0.1, 0.15) is 11.8 Å². The van der Waals surface area contributed by atoms with Gasteiger partial charge in [-0.05, 0) is 53.2 Å². The zero-order valence-corrected chi connectivity index (χ0v) is 24.2. The molecule has 202 valence electrons. The van der Waals surface area contributed by atoms with Gasteiger partial charge in [0, 0.05) is 16.3 Å². The van der Waals surface area contributed by atoms with Crippen LogP contribution in [0.1, 0.15) is 18.6 Å². The van der Waals surface area contributed by atoms with E-state index in [1.807, 2.05) is 24.3 Å². The summed E-state index contributed by atoms with van der Waals surface area (Å²) < 4.78 is 6.44. The third kappa shape index (κ3) is 4.93. The second-order valence-corrected chi connectivity index (χ2v) is 12.4. The lowest BCUT2D eigenvalue weighted by molar-refractivity contribution is 0.218. The van der Waals surface area contributed by atoms with Gasteiger partial charge in [-0.15, -0.1) is 10.2 Å². The van der Waals surface area contributed by atoms with Gasteiger partial charge in [-0.25, -0.2) is 0 Å². The van der Waals surface area contributed by atoms with E-state index in [9.17, 15) is 0 Å². The highest BCUT2D eigenvalue weighted by atomic mass is 31.1. The number of hydrogen-bond acceptors (Lipinski definition) is 3. The summed E-state index contributed by atoms with van der Waals surface area (Å²) in [6, 6.07) is 53.3. The van der Waals surface area contributed by atoms with Crippen LogP contribution in [-0.4, -0.2) is 10.2 Å². The molecule has 1 aromatic heterocycles. The molecule has 7 aromatic rings. The normalized spacial score (nSPS) is 12.0. The van der Waals surface area contributed by atoms with E-state index in [-0.39, 0.29) is 6.10 Å². The first-order valence-corrected chi connectivity index (χ1v) is 15.5. The number of ether oxygens (including phenoxy) is 1. The predicted octanol–water partition coefficient (Wildman–Crippen LogP) is 8.35. The van der Waals surface area contributed by atoms with Crippen molar-refractivity contribution < 1.29 is 4.74 Å². The van der Waals surface area contributed by atoms with Crippen LogP contribution in [0.25, 0.3) is 32.8 Å². The summed E-state index contributed by atoms with van der Waals surface area (Å²) in [7, 11) is -0.870. The minimum atomic E-state index is -0.870. The van der Waals surface area contributed by atoms with Gasteiger partial charge < -0.3 is 4.74 Å². The number of aromatic nitrogens is 2. The Hall–Kier alpha value is -4.85. The molecule has 0 radical (unpaired) electrons. The molecule has 4 heteroatoms. The van der Waals surface area contributed by atoms with Crippen molar-refractivity contribution >= 4 is 45.4 Å². The van der Waals surface area contributed by atoms with Crippen LogP contribution in [0.4, 0.5) is 0 Å². The Kier molecular flexibility index (Phi) is 7.18. The summed E-state index contributed by atoms with van der Waals surface area (Å²) in [6.07, 6.45) is -0.160. The summed E-state index contributed by atoms with van der Waals surface area (Å²) in [4.78, 5) is 0. The number of fused-ring (bicyclic) bond motifs is 2. The van der Waals surface area contributed by atoms with E-state index in [2.05, 4.69) is 134 Å². The lowest BCUT2D eigenvalue weighted by atomic mass is 9.98. The molecule has 0 aliphatic heterocycles. The molecule has 0 bridgehead atoms. The molecule has 0 N–H and O–H groups in total. The quantitative estimate of drug-likeness (QED) is 0.184. The van der Waals surface area contributed by atoms with Crippen LogP contribution < -0.4 is 20.7 Å². The average Bonchev–Trinajstić information content (AvgIpc) is 3.06. The van der Waals surface area contributed by atoms with Crippen molar-refractivity contribution in [1.29, 1.82) is 0 Å². The van der Waals surface area contributed by atoms with Crippen LogP contribution in [0.3, 0.4) is 0 Å². The van der Waals surface area contributed by atoms with Crippen molar-refractivity contribution in [3.8, 4) is 17.1 Å². The average molecular weight is 561 g/mol. The van der Waals surface area contributed by atoms with E-state index in [1.54, 1.807) is 0 Å². The van der Waals surface area contributed by atoms with Crippen LogP contribution in [0.5, 0.6) is 5.88 Å². The van der Waals surface area contributed by atoms with E-state index < -0.39 is 7.92 Å². The maximum Gasteiger partial charge on any atom is 0.242 e. The van der Waals surface area contributed by atoms with Crippen molar-refractivity contribution in [3.63, 3.8) is 0 Å². The standard InChI is InChI=1S/C38H29N2OP/c1-27(28-15-5-2-6-16-28)41-38-34-24-14-13-23-33(34)37(39-40-38)36-32-22-12-11-17-29(32)25-26-35(36)42(30-18-7-3-8-19-30)31-20-9-4-10-21-31/h2-27H,1H3/t27-/m1/s1. The highest BCUT2D eigenvalue weighted by Gasteiger charge is 2.25. The fraction of sp³-hybridized carbons (Fsp3) is 0.0526. The van der Waals surface area contributed by atoms with Crippen molar-refractivity contribution in [2.75, 3.05) is 0 Å². The van der Waals surface area contributed by atoms with Crippen molar-refractivity contribution in [3.05, 3.63) is 157 Å². The highest BCUT2D eigenvalue weighted by molar-refractivity contribution is 7.80. The molecule has 7 rings (SSSR count). The van der Waals surface area contributed by atoms with Gasteiger partial charge in [0.05, 0.1) is 0 Å². The largest absolute Gasteiger partial charge is 0.468 e. The Labute approximate surface area is 247 Å². The molecule has 0 fully saturated rings. The third-order valence-electron chi connectivity index (χ3n) is 7.62. The molecule has 6 aromatic carbocycles. The van der Waals surface area contributed by atoms with Crippen LogP contribution >= 0.6 is 7.92 Å². The van der Waals surface area contributed by atoms with E-state index in [0.717, 1.165) is 27.6 Å². The Morgan fingerprint density at radius 2 is 1.07 bits per heavy atom. The summed E-state index contributed by atoms with van der Waals surface area (Å²) >= 11 is 0. The maximum atomic E-state index is 6.44. The van der Waals surface area contributed by atoms with E-state index in [1.165, 1.54) is 26.7 Å². The molecule has 42 heavy (non-hydrogen) atoms. The van der Waals surface area contributed by atoms with Gasteiger partial charge in [0.15, 0.2) is 0 Å². The molecule has 3 nitrogen and oxygen atoms in total. The molecule has 1 heterocycles. The highest BCUT2D eigenvalue weighted by Crippen LogP contribution is 2.42. The molecular formula is C38H29N2OP. The van der Waals surface area contributed by atoms with Gasteiger partial charge in [-0.1, -0.05) is 146 Å². The number of nitrogens with zero attached hydrogens (tertiary/aromatic N) is 2. The molecule has 1 atom stereocenters. The van der Waals surface area contributed by atoms with Gasteiger partial charge in [-0.2, -0.15) is 0 Å². The molecule has 0 spiro atoms.